The Balaban J connectivity index is 1.76. The molecule has 0 saturated heterocycles. The van der Waals surface area contributed by atoms with Crippen molar-refractivity contribution in [3.05, 3.63) is 59.9 Å². The number of hydrogen-bond donors (Lipinski definition) is 4. The molecule has 138 valence electrons. The Morgan fingerprint density at radius 1 is 1.08 bits per heavy atom. The molecule has 0 saturated carbocycles. The summed E-state index contributed by atoms with van der Waals surface area (Å²) in [6, 6.07) is 11.1. The maximum Gasteiger partial charge on any atom is 0.251 e. The zero-order chi connectivity index (χ0) is 18.8. The lowest BCUT2D eigenvalue weighted by molar-refractivity contribution is -0.117. The third kappa shape index (κ3) is 6.31. The molecule has 0 atom stereocenters. The van der Waals surface area contributed by atoms with Crippen molar-refractivity contribution in [2.45, 2.75) is 13.1 Å². The van der Waals surface area contributed by atoms with E-state index in [0.717, 1.165) is 18.7 Å². The first-order chi connectivity index (χ1) is 12.6. The first kappa shape index (κ1) is 19.0. The number of benzene rings is 1. The zero-order valence-electron chi connectivity index (χ0n) is 14.7. The first-order valence-corrected chi connectivity index (χ1v) is 8.29. The third-order valence-electron chi connectivity index (χ3n) is 3.65. The quantitative estimate of drug-likeness (QED) is 0.396. The van der Waals surface area contributed by atoms with E-state index in [4.69, 9.17) is 5.73 Å². The van der Waals surface area contributed by atoms with E-state index in [1.807, 2.05) is 36.7 Å². The molecule has 0 fully saturated rings. The molecule has 1 aromatic carbocycles. The largest absolute Gasteiger partial charge is 0.368 e. The minimum Gasteiger partial charge on any atom is -0.368 e. The number of nitrogens with zero attached hydrogens (tertiary/aromatic N) is 2. The SMILES string of the molecule is CN=C(NCCn1cccc1)NCc1ccc(C(=O)NCC(N)=O)cc1. The second-order valence-corrected chi connectivity index (χ2v) is 5.62. The van der Waals surface area contributed by atoms with Crippen molar-refractivity contribution < 1.29 is 9.59 Å². The highest BCUT2D eigenvalue weighted by atomic mass is 16.2. The molecule has 5 N–H and O–H groups in total. The molecule has 26 heavy (non-hydrogen) atoms. The lowest BCUT2D eigenvalue weighted by atomic mass is 10.1. The summed E-state index contributed by atoms with van der Waals surface area (Å²) in [6.07, 6.45) is 4.03. The number of primary amides is 1. The molecule has 2 amide bonds. The van der Waals surface area contributed by atoms with Crippen molar-refractivity contribution in [1.29, 1.82) is 0 Å². The van der Waals surface area contributed by atoms with E-state index in [1.165, 1.54) is 0 Å². The molecule has 0 bridgehead atoms. The van der Waals surface area contributed by atoms with Crippen molar-refractivity contribution in [1.82, 2.24) is 20.5 Å². The van der Waals surface area contributed by atoms with Crippen LogP contribution in [0.25, 0.3) is 0 Å². The molecule has 2 rings (SSSR count). The highest BCUT2D eigenvalue weighted by Gasteiger charge is 2.06. The number of hydrogen-bond acceptors (Lipinski definition) is 3. The molecule has 1 aromatic heterocycles. The Hall–Kier alpha value is -3.29. The molecule has 0 aliphatic rings. The van der Waals surface area contributed by atoms with Crippen LogP contribution < -0.4 is 21.7 Å². The minimum absolute atomic E-state index is 0.173. The summed E-state index contributed by atoms with van der Waals surface area (Å²) in [4.78, 5) is 26.7. The van der Waals surface area contributed by atoms with Crippen molar-refractivity contribution in [3.63, 3.8) is 0 Å². The number of guanidine groups is 1. The van der Waals surface area contributed by atoms with Gasteiger partial charge in [0.05, 0.1) is 6.54 Å². The van der Waals surface area contributed by atoms with E-state index in [-0.39, 0.29) is 12.5 Å². The summed E-state index contributed by atoms with van der Waals surface area (Å²) in [6.45, 7) is 2.01. The monoisotopic (exact) mass is 356 g/mol. The maximum absolute atomic E-state index is 11.8. The van der Waals surface area contributed by atoms with Gasteiger partial charge in [-0.05, 0) is 29.8 Å². The van der Waals surface area contributed by atoms with E-state index < -0.39 is 5.91 Å². The van der Waals surface area contributed by atoms with Crippen LogP contribution in [0.3, 0.4) is 0 Å². The summed E-state index contributed by atoms with van der Waals surface area (Å²) in [5.74, 6) is -0.193. The average molecular weight is 356 g/mol. The van der Waals surface area contributed by atoms with Crippen LogP contribution in [-0.2, 0) is 17.9 Å². The summed E-state index contributed by atoms with van der Waals surface area (Å²) in [5, 5.41) is 8.92. The predicted molar refractivity (Wildman–Crippen MR) is 101 cm³/mol. The predicted octanol–water partition coefficient (Wildman–Crippen LogP) is 0.0684. The van der Waals surface area contributed by atoms with E-state index in [1.54, 1.807) is 19.2 Å². The normalized spacial score (nSPS) is 11.0. The van der Waals surface area contributed by atoms with Gasteiger partial charge in [-0.25, -0.2) is 0 Å². The van der Waals surface area contributed by atoms with Gasteiger partial charge in [-0.1, -0.05) is 12.1 Å². The van der Waals surface area contributed by atoms with Crippen molar-refractivity contribution >= 4 is 17.8 Å². The van der Waals surface area contributed by atoms with Crippen LogP contribution in [0.15, 0.2) is 53.8 Å². The van der Waals surface area contributed by atoms with Crippen LogP contribution in [0.2, 0.25) is 0 Å². The molecule has 0 aliphatic heterocycles. The maximum atomic E-state index is 11.8. The molecule has 2 aromatic rings. The fraction of sp³-hybridized carbons (Fsp3) is 0.278. The van der Waals surface area contributed by atoms with Gasteiger partial charge in [-0.2, -0.15) is 0 Å². The van der Waals surface area contributed by atoms with E-state index in [9.17, 15) is 9.59 Å². The second kappa shape index (κ2) is 9.87. The van der Waals surface area contributed by atoms with Gasteiger partial charge in [0.1, 0.15) is 0 Å². The van der Waals surface area contributed by atoms with Crippen LogP contribution in [0, 0.1) is 0 Å². The Kier molecular flexibility index (Phi) is 7.23. The van der Waals surface area contributed by atoms with Gasteiger partial charge in [0.15, 0.2) is 5.96 Å². The Morgan fingerprint density at radius 2 is 1.77 bits per heavy atom. The van der Waals surface area contributed by atoms with Crippen LogP contribution in [0.5, 0.6) is 0 Å². The van der Waals surface area contributed by atoms with Gasteiger partial charge in [0, 0.05) is 44.6 Å². The highest BCUT2D eigenvalue weighted by molar-refractivity contribution is 5.96. The molecule has 1 heterocycles. The summed E-state index contributed by atoms with van der Waals surface area (Å²) in [7, 11) is 1.72. The topological polar surface area (TPSA) is 114 Å². The van der Waals surface area contributed by atoms with Crippen LogP contribution >= 0.6 is 0 Å². The number of nitrogens with two attached hydrogens (primary N) is 1. The van der Waals surface area contributed by atoms with Gasteiger partial charge in [-0.15, -0.1) is 0 Å². The van der Waals surface area contributed by atoms with Crippen LogP contribution in [0.4, 0.5) is 0 Å². The smallest absolute Gasteiger partial charge is 0.251 e. The molecule has 0 aliphatic carbocycles. The molecule has 0 spiro atoms. The van der Waals surface area contributed by atoms with Gasteiger partial charge in [0.2, 0.25) is 5.91 Å². The van der Waals surface area contributed by atoms with Crippen LogP contribution in [0.1, 0.15) is 15.9 Å². The Bertz CT molecular complexity index is 738. The number of nitrogens with one attached hydrogen (secondary N) is 3. The van der Waals surface area contributed by atoms with E-state index >= 15 is 0 Å². The first-order valence-electron chi connectivity index (χ1n) is 8.29. The zero-order valence-corrected chi connectivity index (χ0v) is 14.7. The average Bonchev–Trinajstić information content (AvgIpc) is 3.16. The Morgan fingerprint density at radius 3 is 2.38 bits per heavy atom. The minimum atomic E-state index is -0.574. The molecule has 0 radical (unpaired) electrons. The fourth-order valence-electron chi connectivity index (χ4n) is 2.27. The van der Waals surface area contributed by atoms with Crippen LogP contribution in [-0.4, -0.2) is 42.5 Å². The summed E-state index contributed by atoms with van der Waals surface area (Å²) >= 11 is 0. The third-order valence-corrected chi connectivity index (χ3v) is 3.65. The van der Waals surface area contributed by atoms with Gasteiger partial charge in [-0.3, -0.25) is 14.6 Å². The van der Waals surface area contributed by atoms with E-state index in [0.29, 0.717) is 18.1 Å². The molecule has 8 heteroatoms. The second-order valence-electron chi connectivity index (χ2n) is 5.62. The number of aromatic nitrogens is 1. The standard InChI is InChI=1S/C18H24N6O2/c1-20-18(21-8-11-24-9-2-3-10-24)23-12-14-4-6-15(7-5-14)17(26)22-13-16(19)25/h2-7,9-10H,8,11-13H2,1H3,(H2,19,25)(H,22,26)(H2,20,21,23). The Labute approximate surface area is 152 Å². The number of rotatable bonds is 8. The van der Waals surface area contributed by atoms with Crippen molar-refractivity contribution in [3.8, 4) is 0 Å². The summed E-state index contributed by atoms with van der Waals surface area (Å²) in [5.41, 5.74) is 6.49. The highest BCUT2D eigenvalue weighted by Crippen LogP contribution is 2.04. The lowest BCUT2D eigenvalue weighted by Gasteiger charge is -2.12. The van der Waals surface area contributed by atoms with Gasteiger partial charge >= 0.3 is 0 Å². The number of amides is 2. The van der Waals surface area contributed by atoms with Gasteiger partial charge in [0.25, 0.3) is 5.91 Å². The van der Waals surface area contributed by atoms with Gasteiger partial charge < -0.3 is 26.3 Å². The number of aliphatic imine (C=N–C) groups is 1. The molecule has 8 nitrogen and oxygen atoms in total. The van der Waals surface area contributed by atoms with Crippen molar-refractivity contribution in [2.75, 3.05) is 20.1 Å². The number of carbonyl (C=O) groups is 2. The molecule has 0 unspecified atom stereocenters. The van der Waals surface area contributed by atoms with E-state index in [2.05, 4.69) is 25.5 Å². The summed E-state index contributed by atoms with van der Waals surface area (Å²) < 4.78 is 2.09. The molecular weight excluding hydrogens is 332 g/mol. The van der Waals surface area contributed by atoms with Crippen molar-refractivity contribution in [2.24, 2.45) is 10.7 Å². The fourth-order valence-corrected chi connectivity index (χ4v) is 2.27. The number of carbonyl (C=O) groups excluding carboxylic acids is 2. The molecular formula is C18H24N6O2. The lowest BCUT2D eigenvalue weighted by Crippen LogP contribution is -2.38.